The van der Waals surface area contributed by atoms with Crippen LogP contribution in [-0.4, -0.2) is 80.6 Å². The Labute approximate surface area is 289 Å². The van der Waals surface area contributed by atoms with Crippen molar-refractivity contribution in [2.75, 3.05) is 13.4 Å². The Morgan fingerprint density at radius 2 is 1.16 bits per heavy atom. The molecule has 4 saturated heterocycles. The summed E-state index contributed by atoms with van der Waals surface area (Å²) >= 11 is 0. The van der Waals surface area contributed by atoms with Crippen LogP contribution >= 0.6 is 0 Å². The SMILES string of the molecule is CCC(C)(C)C(=O)OC12CC3CC(C(=O)NS(C)(=O)=O)(CC(C1)C(=O)O3)C2.CCC(C)(C)C(=O)OC12CC3CC(OC)(CC(C1)C(=O)O3)C2. The molecule has 1 N–H and O–H groups in total. The molecule has 0 aromatic heterocycles. The van der Waals surface area contributed by atoms with Crippen LogP contribution in [0.1, 0.15) is 119 Å². The quantitative estimate of drug-likeness (QED) is 0.270. The Hall–Kier alpha value is -2.74. The standard InChI is InChI=1S/C18H27NO7S.C17H26O5/c1-5-16(2,3)15(22)26-18-7-11-6-17(10-18,14(21)19-27(4,23)24)8-12(9-18)25-13(11)20;1-5-15(2,3)14(19)22-17-7-11-6-16(10-17,20-4)8-12(9-17)21-13(11)18/h11-12H,5-10H2,1-4H3,(H,19,21);11-12H,5-10H2,1-4H3. The van der Waals surface area contributed by atoms with E-state index in [2.05, 4.69) is 4.72 Å². The number of carbonyl (C=O) groups is 5. The predicted molar refractivity (Wildman–Crippen MR) is 174 cm³/mol. The van der Waals surface area contributed by atoms with Gasteiger partial charge in [0.05, 0.1) is 39.9 Å². The summed E-state index contributed by atoms with van der Waals surface area (Å²) in [4.78, 5) is 62.7. The molecular weight excluding hydrogens is 658 g/mol. The highest BCUT2D eigenvalue weighted by Gasteiger charge is 2.64. The molecule has 14 heteroatoms. The second-order valence-corrected chi connectivity index (χ2v) is 18.7. The molecule has 1 amide bonds. The fourth-order valence-corrected chi connectivity index (χ4v) is 9.46. The Morgan fingerprint density at radius 3 is 1.63 bits per heavy atom. The van der Waals surface area contributed by atoms with Crippen LogP contribution in [-0.2, 0) is 57.7 Å². The first-order chi connectivity index (χ1) is 22.5. The number of rotatable bonds is 9. The van der Waals surface area contributed by atoms with Gasteiger partial charge in [0.2, 0.25) is 15.9 Å². The fourth-order valence-electron chi connectivity index (χ4n) is 8.90. The van der Waals surface area contributed by atoms with Crippen molar-refractivity contribution in [1.82, 2.24) is 4.72 Å². The Balaban J connectivity index is 0.000000195. The molecule has 8 unspecified atom stereocenters. The van der Waals surface area contributed by atoms with Gasteiger partial charge < -0.3 is 23.7 Å². The van der Waals surface area contributed by atoms with Gasteiger partial charge in [-0.15, -0.1) is 0 Å². The van der Waals surface area contributed by atoms with Crippen molar-refractivity contribution in [3.8, 4) is 0 Å². The van der Waals surface area contributed by atoms with Gasteiger partial charge in [-0.25, -0.2) is 8.42 Å². The summed E-state index contributed by atoms with van der Waals surface area (Å²) in [5.74, 6) is -2.58. The maximum absolute atomic E-state index is 12.9. The number of nitrogens with one attached hydrogen (secondary N) is 1. The van der Waals surface area contributed by atoms with Crippen molar-refractivity contribution >= 4 is 39.8 Å². The molecule has 8 fully saturated rings. The third kappa shape index (κ3) is 7.36. The minimum atomic E-state index is -3.75. The van der Waals surface area contributed by atoms with Crippen LogP contribution in [0, 0.1) is 28.1 Å². The van der Waals surface area contributed by atoms with Crippen molar-refractivity contribution in [2.24, 2.45) is 28.1 Å². The van der Waals surface area contributed by atoms with Crippen molar-refractivity contribution in [3.63, 3.8) is 0 Å². The van der Waals surface area contributed by atoms with E-state index < -0.39 is 67.0 Å². The molecule has 49 heavy (non-hydrogen) atoms. The number of sulfonamides is 1. The van der Waals surface area contributed by atoms with Crippen molar-refractivity contribution in [3.05, 3.63) is 0 Å². The van der Waals surface area contributed by atoms with Crippen molar-refractivity contribution < 1.29 is 56.1 Å². The van der Waals surface area contributed by atoms with Gasteiger partial charge in [0.15, 0.2) is 0 Å². The first kappa shape index (κ1) is 37.5. The van der Waals surface area contributed by atoms with Gasteiger partial charge in [0, 0.05) is 52.1 Å². The summed E-state index contributed by atoms with van der Waals surface area (Å²) in [6.45, 7) is 11.3. The predicted octanol–water partition coefficient (Wildman–Crippen LogP) is 3.90. The van der Waals surface area contributed by atoms with E-state index >= 15 is 0 Å². The molecule has 4 saturated carbocycles. The normalized spacial score (nSPS) is 37.6. The van der Waals surface area contributed by atoms with E-state index in [1.54, 1.807) is 21.0 Å². The number of carbonyl (C=O) groups excluding carboxylic acids is 5. The molecular formula is C35H53NO12S. The second-order valence-electron chi connectivity index (χ2n) is 17.0. The first-order valence-electron chi connectivity index (χ1n) is 17.5. The molecule has 276 valence electrons. The molecule has 0 radical (unpaired) electrons. The molecule has 0 aromatic carbocycles. The van der Waals surface area contributed by atoms with Crippen LogP contribution in [0.15, 0.2) is 0 Å². The number of amides is 1. The molecule has 4 heterocycles. The largest absolute Gasteiger partial charge is 0.462 e. The number of hydrogen-bond acceptors (Lipinski definition) is 12. The smallest absolute Gasteiger partial charge is 0.312 e. The number of esters is 4. The maximum atomic E-state index is 12.9. The van der Waals surface area contributed by atoms with Gasteiger partial charge in [-0.3, -0.25) is 28.7 Å². The zero-order valence-corrected chi connectivity index (χ0v) is 30.9. The lowest BCUT2D eigenvalue weighted by molar-refractivity contribution is -0.207. The summed E-state index contributed by atoms with van der Waals surface area (Å²) in [7, 11) is -2.06. The summed E-state index contributed by atoms with van der Waals surface area (Å²) < 4.78 is 54.0. The topological polar surface area (TPSA) is 178 Å². The lowest BCUT2D eigenvalue weighted by atomic mass is 9.56. The molecule has 8 bridgehead atoms. The molecule has 4 aliphatic heterocycles. The van der Waals surface area contributed by atoms with Crippen LogP contribution in [0.2, 0.25) is 0 Å². The number of hydrogen-bond donors (Lipinski definition) is 1. The third-order valence-electron chi connectivity index (χ3n) is 12.1. The van der Waals surface area contributed by atoms with Gasteiger partial charge in [-0.2, -0.15) is 0 Å². The molecule has 8 aliphatic rings. The number of methoxy groups -OCH3 is 1. The van der Waals surface area contributed by atoms with Crippen LogP contribution < -0.4 is 4.72 Å². The first-order valence-corrected chi connectivity index (χ1v) is 19.4. The van der Waals surface area contributed by atoms with Crippen molar-refractivity contribution in [2.45, 2.75) is 148 Å². The highest BCUT2D eigenvalue weighted by Crippen LogP contribution is 2.58. The highest BCUT2D eigenvalue weighted by molar-refractivity contribution is 7.89. The van der Waals surface area contributed by atoms with Crippen LogP contribution in [0.3, 0.4) is 0 Å². The van der Waals surface area contributed by atoms with Gasteiger partial charge >= 0.3 is 23.9 Å². The van der Waals surface area contributed by atoms with Crippen LogP contribution in [0.5, 0.6) is 0 Å². The van der Waals surface area contributed by atoms with E-state index in [0.29, 0.717) is 51.4 Å². The number of ether oxygens (including phenoxy) is 5. The Bertz CT molecular complexity index is 1510. The lowest BCUT2D eigenvalue weighted by Crippen LogP contribution is -2.59. The molecule has 13 nitrogen and oxygen atoms in total. The van der Waals surface area contributed by atoms with E-state index in [9.17, 15) is 32.4 Å². The Kier molecular flexibility index (Phi) is 9.56. The zero-order valence-electron chi connectivity index (χ0n) is 30.1. The molecule has 0 spiro atoms. The molecule has 8 rings (SSSR count). The Morgan fingerprint density at radius 1 is 0.735 bits per heavy atom. The fraction of sp³-hybridized carbons (Fsp3) is 0.857. The summed E-state index contributed by atoms with van der Waals surface area (Å²) in [6, 6.07) is 0. The van der Waals surface area contributed by atoms with E-state index in [1.165, 1.54) is 0 Å². The van der Waals surface area contributed by atoms with E-state index in [4.69, 9.17) is 23.7 Å². The molecule has 0 aromatic rings. The minimum absolute atomic E-state index is 0.156. The zero-order chi connectivity index (χ0) is 36.4. The van der Waals surface area contributed by atoms with Gasteiger partial charge in [-0.05, 0) is 59.8 Å². The monoisotopic (exact) mass is 711 g/mol. The van der Waals surface area contributed by atoms with Gasteiger partial charge in [0.25, 0.3) is 0 Å². The van der Waals surface area contributed by atoms with Crippen molar-refractivity contribution in [1.29, 1.82) is 0 Å². The van der Waals surface area contributed by atoms with E-state index in [-0.39, 0.29) is 49.2 Å². The van der Waals surface area contributed by atoms with E-state index in [1.807, 2.05) is 27.7 Å². The summed E-state index contributed by atoms with van der Waals surface area (Å²) in [6.07, 6.45) is 5.99. The van der Waals surface area contributed by atoms with Gasteiger partial charge in [-0.1, -0.05) is 13.8 Å². The minimum Gasteiger partial charge on any atom is -0.462 e. The maximum Gasteiger partial charge on any atom is 0.312 e. The summed E-state index contributed by atoms with van der Waals surface area (Å²) in [5, 5.41) is 0. The highest BCUT2D eigenvalue weighted by atomic mass is 32.2. The van der Waals surface area contributed by atoms with Crippen LogP contribution in [0.4, 0.5) is 0 Å². The number of fused-ring (bicyclic) bond motifs is 2. The molecule has 8 atom stereocenters. The van der Waals surface area contributed by atoms with Crippen LogP contribution in [0.25, 0.3) is 0 Å². The van der Waals surface area contributed by atoms with Gasteiger partial charge in [0.1, 0.15) is 23.4 Å². The molecule has 4 aliphatic carbocycles. The average molecular weight is 712 g/mol. The van der Waals surface area contributed by atoms with E-state index in [0.717, 1.165) is 12.7 Å². The third-order valence-corrected chi connectivity index (χ3v) is 12.7. The summed E-state index contributed by atoms with van der Waals surface area (Å²) in [5.41, 5.74) is -4.30. The lowest BCUT2D eigenvalue weighted by Gasteiger charge is -2.52. The second kappa shape index (κ2) is 12.5. The average Bonchev–Trinajstić information content (AvgIpc) is 3.24.